The van der Waals surface area contributed by atoms with Gasteiger partial charge in [-0.3, -0.25) is 0 Å². The highest BCUT2D eigenvalue weighted by molar-refractivity contribution is 6.29. The molecule has 0 bridgehead atoms. The van der Waals surface area contributed by atoms with Crippen molar-refractivity contribution in [3.63, 3.8) is 0 Å². The minimum Gasteiger partial charge on any atom is -0.237 e. The highest BCUT2D eigenvalue weighted by Crippen LogP contribution is 2.56. The third-order valence-corrected chi connectivity index (χ3v) is 6.83. The van der Waals surface area contributed by atoms with Crippen LogP contribution in [0.4, 0.5) is 22.0 Å². The van der Waals surface area contributed by atoms with Gasteiger partial charge in [-0.2, -0.15) is 5.26 Å². The van der Waals surface area contributed by atoms with Gasteiger partial charge in [0.15, 0.2) is 23.3 Å². The topological polar surface area (TPSA) is 84.4 Å². The number of allylic oxidation sites excluding steroid dienone is 7. The van der Waals surface area contributed by atoms with E-state index in [1.165, 1.54) is 6.07 Å². The van der Waals surface area contributed by atoms with E-state index in [0.29, 0.717) is 12.1 Å². The summed E-state index contributed by atoms with van der Waals surface area (Å²) in [5.74, 6) is -6.32. The third-order valence-electron chi connectivity index (χ3n) is 6.83. The number of hydrogen-bond donors (Lipinski definition) is 0. The monoisotopic (exact) mass is 570 g/mol. The molecule has 2 aliphatic carbocycles. The molecule has 3 aromatic rings. The van der Waals surface area contributed by atoms with E-state index in [-0.39, 0.29) is 44.5 Å². The van der Waals surface area contributed by atoms with Gasteiger partial charge in [-0.25, -0.2) is 47.0 Å². The second kappa shape index (κ2) is 10.3. The van der Waals surface area contributed by atoms with Gasteiger partial charge in [-0.05, 0) is 63.7 Å². The summed E-state index contributed by atoms with van der Waals surface area (Å²) in [5.41, 5.74) is -5.09. The van der Waals surface area contributed by atoms with Crippen LogP contribution in [0.2, 0.25) is 0 Å². The van der Waals surface area contributed by atoms with Gasteiger partial charge in [0.05, 0.1) is 37.4 Å². The van der Waals surface area contributed by atoms with Gasteiger partial charge in [0.25, 0.3) is 11.4 Å². The van der Waals surface area contributed by atoms with Crippen LogP contribution in [0.15, 0.2) is 53.9 Å². The minimum absolute atomic E-state index is 0.153. The Labute approximate surface area is 240 Å². The van der Waals surface area contributed by atoms with Gasteiger partial charge >= 0.3 is 0 Å². The van der Waals surface area contributed by atoms with Crippen molar-refractivity contribution in [1.29, 1.82) is 15.8 Å². The molecule has 2 aliphatic rings. The Kier molecular flexibility index (Phi) is 6.66. The van der Waals surface area contributed by atoms with Crippen molar-refractivity contribution >= 4 is 33.6 Å². The van der Waals surface area contributed by atoms with Crippen LogP contribution in [-0.4, -0.2) is 0 Å². The van der Waals surface area contributed by atoms with E-state index in [1.807, 2.05) is 6.07 Å². The van der Waals surface area contributed by atoms with Crippen molar-refractivity contribution in [2.24, 2.45) is 0 Å². The summed E-state index contributed by atoms with van der Waals surface area (Å²) in [6.45, 7) is 22.9. The number of hydrogen-bond acceptors (Lipinski definition) is 3. The van der Waals surface area contributed by atoms with Gasteiger partial charge in [0.1, 0.15) is 11.9 Å². The van der Waals surface area contributed by atoms with Crippen molar-refractivity contribution < 1.29 is 22.0 Å². The van der Waals surface area contributed by atoms with Crippen LogP contribution in [0.25, 0.3) is 48.1 Å². The van der Waals surface area contributed by atoms with Crippen LogP contribution in [0.3, 0.4) is 0 Å². The Hall–Kier alpha value is -6.79. The number of fused-ring (bicyclic) bond motifs is 2. The molecule has 0 spiro atoms. The molecule has 0 saturated heterocycles. The normalized spacial score (nSPS) is 15.3. The van der Waals surface area contributed by atoms with Gasteiger partial charge < -0.3 is 0 Å². The summed E-state index contributed by atoms with van der Waals surface area (Å²) in [4.78, 5) is 9.71. The van der Waals surface area contributed by atoms with E-state index >= 15 is 4.39 Å². The standard InChI is InChI=1S/C32H7F5N6/c1-41-23(12-39)27-17-10-16-18(11-38)25(14-4-6-19(33)21(35)8-14)30(24(13-40)42-2)28(16)31(37)29(17)32(43-3)26(27)15-5-7-20(34)22(36)9-15/h4-10H/b27-23-,30-24-. The average molecular weight is 570 g/mol. The maximum atomic E-state index is 16.8. The molecule has 0 fully saturated rings. The second-order valence-electron chi connectivity index (χ2n) is 8.89. The fourth-order valence-corrected chi connectivity index (χ4v) is 5.14. The number of benzene rings is 3. The molecule has 5 rings (SSSR count). The predicted octanol–water partition coefficient (Wildman–Crippen LogP) is 7.94. The van der Waals surface area contributed by atoms with Crippen molar-refractivity contribution in [2.75, 3.05) is 0 Å². The lowest BCUT2D eigenvalue weighted by molar-refractivity contribution is 0.508. The highest BCUT2D eigenvalue weighted by Gasteiger charge is 2.40. The first kappa shape index (κ1) is 27.8. The molecule has 11 heteroatoms. The highest BCUT2D eigenvalue weighted by atomic mass is 19.2. The number of nitrogens with zero attached hydrogens (tertiary/aromatic N) is 6. The zero-order valence-electron chi connectivity index (χ0n) is 21.1. The zero-order chi connectivity index (χ0) is 31.2. The Morgan fingerprint density at radius 2 is 1.16 bits per heavy atom. The second-order valence-corrected chi connectivity index (χ2v) is 8.89. The van der Waals surface area contributed by atoms with Crippen LogP contribution >= 0.6 is 0 Å². The van der Waals surface area contributed by atoms with Crippen LogP contribution in [-0.2, 0) is 0 Å². The summed E-state index contributed by atoms with van der Waals surface area (Å²) in [6, 6.07) is 11.4. The Morgan fingerprint density at radius 3 is 1.63 bits per heavy atom. The largest absolute Gasteiger partial charge is 0.270 e. The van der Waals surface area contributed by atoms with Crippen molar-refractivity contribution in [3.8, 4) is 18.2 Å². The van der Waals surface area contributed by atoms with Gasteiger partial charge in [0.2, 0.25) is 5.70 Å². The van der Waals surface area contributed by atoms with Crippen molar-refractivity contribution in [3.05, 3.63) is 151 Å². The summed E-state index contributed by atoms with van der Waals surface area (Å²) in [7, 11) is 0. The number of halogens is 5. The predicted molar refractivity (Wildman–Crippen MR) is 143 cm³/mol. The fraction of sp³-hybridized carbons (Fsp3) is 0. The maximum absolute atomic E-state index is 16.8. The molecule has 0 aromatic heterocycles. The fourth-order valence-electron chi connectivity index (χ4n) is 5.14. The lowest BCUT2D eigenvalue weighted by Crippen LogP contribution is -2.00. The molecule has 0 atom stereocenters. The van der Waals surface area contributed by atoms with E-state index < -0.39 is 62.9 Å². The zero-order valence-corrected chi connectivity index (χ0v) is 21.1. The molecule has 0 aliphatic heterocycles. The van der Waals surface area contributed by atoms with E-state index in [2.05, 4.69) is 14.5 Å². The summed E-state index contributed by atoms with van der Waals surface area (Å²) < 4.78 is 72.9. The molecule has 0 N–H and O–H groups in total. The first-order valence-corrected chi connectivity index (χ1v) is 11.8. The Balaban J connectivity index is 1.98. The summed E-state index contributed by atoms with van der Waals surface area (Å²) in [5, 5.41) is 29.7. The molecule has 43 heavy (non-hydrogen) atoms. The molecule has 0 saturated carbocycles. The lowest BCUT2D eigenvalue weighted by Gasteiger charge is -2.13. The Bertz CT molecular complexity index is 2220. The molecule has 0 amide bonds. The first-order chi connectivity index (χ1) is 20.7. The molecule has 0 radical (unpaired) electrons. The quantitative estimate of drug-likeness (QED) is 0.178. The third kappa shape index (κ3) is 3.95. The molecule has 3 aromatic carbocycles. The molecule has 6 nitrogen and oxygen atoms in total. The van der Waals surface area contributed by atoms with E-state index in [1.54, 1.807) is 12.1 Å². The van der Waals surface area contributed by atoms with Crippen LogP contribution in [0.1, 0.15) is 33.4 Å². The van der Waals surface area contributed by atoms with Crippen molar-refractivity contribution in [2.45, 2.75) is 0 Å². The maximum Gasteiger partial charge on any atom is 0.270 e. The van der Waals surface area contributed by atoms with Gasteiger partial charge in [-0.1, -0.05) is 12.1 Å². The molecule has 0 heterocycles. The van der Waals surface area contributed by atoms with Gasteiger partial charge in [-0.15, -0.1) is 0 Å². The van der Waals surface area contributed by atoms with E-state index in [0.717, 1.165) is 24.3 Å². The first-order valence-electron chi connectivity index (χ1n) is 11.8. The summed E-state index contributed by atoms with van der Waals surface area (Å²) in [6.07, 6.45) is 0. The molecule has 200 valence electrons. The number of nitriles is 3. The Morgan fingerprint density at radius 1 is 0.628 bits per heavy atom. The summed E-state index contributed by atoms with van der Waals surface area (Å²) >= 11 is 0. The van der Waals surface area contributed by atoms with E-state index in [9.17, 15) is 33.3 Å². The average Bonchev–Trinajstić information content (AvgIpc) is 3.51. The molecular weight excluding hydrogens is 563 g/mol. The molecular formula is C32H7F5N6. The van der Waals surface area contributed by atoms with Gasteiger partial charge in [0, 0.05) is 22.3 Å². The van der Waals surface area contributed by atoms with Crippen LogP contribution in [0.5, 0.6) is 0 Å². The van der Waals surface area contributed by atoms with Crippen molar-refractivity contribution in [1.82, 2.24) is 0 Å². The lowest BCUT2D eigenvalue weighted by atomic mass is 9.91. The molecule has 0 unspecified atom stereocenters. The van der Waals surface area contributed by atoms with Crippen LogP contribution < -0.4 is 0 Å². The van der Waals surface area contributed by atoms with E-state index in [4.69, 9.17) is 19.7 Å². The smallest absolute Gasteiger partial charge is 0.237 e. The minimum atomic E-state index is -1.32. The number of rotatable bonds is 2. The SMILES string of the molecule is [C-]#[N+]C1=C(c2ccc(F)c(F)c2)/C(=C(/C#N)[N+]#[C-])c2cc3c(c(F)c21)/C(=C(/C#N)[N+]#[C-])C(c1ccc(F)c(F)c1)=C3C#N. The van der Waals surface area contributed by atoms with Crippen LogP contribution in [0, 0.1) is 82.8 Å².